The van der Waals surface area contributed by atoms with Crippen LogP contribution in [0.5, 0.6) is 0 Å². The van der Waals surface area contributed by atoms with E-state index in [1.165, 1.54) is 0 Å². The minimum atomic E-state index is -0.0187. The minimum Gasteiger partial charge on any atom is -0.355 e. The van der Waals surface area contributed by atoms with Crippen molar-refractivity contribution in [3.05, 3.63) is 35.9 Å². The molecule has 0 spiro atoms. The van der Waals surface area contributed by atoms with Crippen molar-refractivity contribution in [1.82, 2.24) is 20.5 Å². The third kappa shape index (κ3) is 3.25. The number of hydrogen-bond donors (Lipinski definition) is 2. The third-order valence-electron chi connectivity index (χ3n) is 5.91. The van der Waals surface area contributed by atoms with Crippen molar-refractivity contribution in [1.29, 1.82) is 0 Å². The fraction of sp³-hybridized carbons (Fsp3) is 0.476. The Morgan fingerprint density at radius 2 is 2.04 bits per heavy atom. The number of rotatable bonds is 4. The van der Waals surface area contributed by atoms with Gasteiger partial charge in [-0.3, -0.25) is 4.79 Å². The van der Waals surface area contributed by atoms with E-state index in [1.807, 2.05) is 35.2 Å². The van der Waals surface area contributed by atoms with Crippen LogP contribution >= 0.6 is 0 Å². The molecule has 146 valence electrons. The Morgan fingerprint density at radius 1 is 1.18 bits per heavy atom. The van der Waals surface area contributed by atoms with Crippen LogP contribution in [0.15, 0.2) is 30.3 Å². The zero-order valence-corrected chi connectivity index (χ0v) is 15.9. The first-order chi connectivity index (χ1) is 13.7. The maximum Gasteiger partial charge on any atom is 0.317 e. The number of benzene rings is 1. The highest BCUT2D eigenvalue weighted by atomic mass is 16.2. The van der Waals surface area contributed by atoms with Gasteiger partial charge in [-0.05, 0) is 37.8 Å². The second-order valence-electron chi connectivity index (χ2n) is 7.96. The second-order valence-corrected chi connectivity index (χ2v) is 7.96. The monoisotopic (exact) mass is 379 g/mol. The van der Waals surface area contributed by atoms with Crippen molar-refractivity contribution in [3.63, 3.8) is 0 Å². The number of anilines is 1. The number of para-hydroxylation sites is 1. The number of urea groups is 1. The first-order valence-electron chi connectivity index (χ1n) is 10.2. The summed E-state index contributed by atoms with van der Waals surface area (Å²) >= 11 is 0. The number of piperidine rings is 1. The molecule has 5 rings (SSSR count). The van der Waals surface area contributed by atoms with Gasteiger partial charge in [0.1, 0.15) is 5.82 Å². The molecular formula is C21H25N5O2. The summed E-state index contributed by atoms with van der Waals surface area (Å²) < 4.78 is 0. The van der Waals surface area contributed by atoms with Crippen molar-refractivity contribution in [2.75, 3.05) is 31.1 Å². The lowest BCUT2D eigenvalue weighted by Crippen LogP contribution is -2.49. The van der Waals surface area contributed by atoms with Gasteiger partial charge in [0.25, 0.3) is 5.91 Å². The Morgan fingerprint density at radius 3 is 2.82 bits per heavy atom. The van der Waals surface area contributed by atoms with Gasteiger partial charge in [-0.2, -0.15) is 0 Å². The van der Waals surface area contributed by atoms with E-state index in [0.29, 0.717) is 11.6 Å². The van der Waals surface area contributed by atoms with Gasteiger partial charge in [0.15, 0.2) is 0 Å². The van der Waals surface area contributed by atoms with Crippen LogP contribution in [-0.4, -0.2) is 60.1 Å². The fourth-order valence-electron chi connectivity index (χ4n) is 4.25. The van der Waals surface area contributed by atoms with Gasteiger partial charge < -0.3 is 20.4 Å². The molecule has 0 radical (unpaired) electrons. The smallest absolute Gasteiger partial charge is 0.317 e. The van der Waals surface area contributed by atoms with Gasteiger partial charge in [-0.1, -0.05) is 18.2 Å². The van der Waals surface area contributed by atoms with Gasteiger partial charge in [0.05, 0.1) is 17.1 Å². The van der Waals surface area contributed by atoms with Crippen LogP contribution in [0.25, 0.3) is 10.9 Å². The Hall–Kier alpha value is -2.83. The van der Waals surface area contributed by atoms with E-state index >= 15 is 0 Å². The van der Waals surface area contributed by atoms with Crippen LogP contribution in [0.1, 0.15) is 36.0 Å². The Kier molecular flexibility index (Phi) is 4.30. The average molecular weight is 379 g/mol. The Balaban J connectivity index is 1.46. The normalized spacial score (nSPS) is 22.4. The summed E-state index contributed by atoms with van der Waals surface area (Å²) in [6, 6.07) is 10.3. The molecule has 3 amide bonds. The van der Waals surface area contributed by atoms with Gasteiger partial charge in [-0.15, -0.1) is 0 Å². The summed E-state index contributed by atoms with van der Waals surface area (Å²) in [5.41, 5.74) is 1.52. The van der Waals surface area contributed by atoms with Crippen LogP contribution in [0.3, 0.4) is 0 Å². The molecule has 0 bridgehead atoms. The van der Waals surface area contributed by atoms with Crippen molar-refractivity contribution in [3.8, 4) is 0 Å². The van der Waals surface area contributed by atoms with E-state index in [4.69, 9.17) is 4.98 Å². The lowest BCUT2D eigenvalue weighted by Gasteiger charge is -2.37. The molecule has 1 saturated carbocycles. The summed E-state index contributed by atoms with van der Waals surface area (Å²) in [7, 11) is 0. The van der Waals surface area contributed by atoms with Crippen molar-refractivity contribution in [2.24, 2.45) is 0 Å². The van der Waals surface area contributed by atoms with Gasteiger partial charge in [0, 0.05) is 37.6 Å². The maximum absolute atomic E-state index is 12.8. The lowest BCUT2D eigenvalue weighted by molar-refractivity contribution is 0.0952. The first-order valence-corrected chi connectivity index (χ1v) is 10.2. The molecule has 28 heavy (non-hydrogen) atoms. The quantitative estimate of drug-likeness (QED) is 0.853. The Bertz CT molecular complexity index is 926. The molecule has 2 saturated heterocycles. The van der Waals surface area contributed by atoms with E-state index in [-0.39, 0.29) is 18.0 Å². The molecule has 3 aliphatic rings. The number of carbonyl (C=O) groups excluding carboxylic acids is 2. The molecule has 3 heterocycles. The molecule has 2 aliphatic heterocycles. The molecule has 7 nitrogen and oxygen atoms in total. The average Bonchev–Trinajstić information content (AvgIpc) is 3.44. The number of fused-ring (bicyclic) bond motifs is 1. The highest BCUT2D eigenvalue weighted by molar-refractivity contribution is 6.07. The number of hydrogen-bond acceptors (Lipinski definition) is 4. The van der Waals surface area contributed by atoms with Gasteiger partial charge in [-0.25, -0.2) is 9.78 Å². The van der Waals surface area contributed by atoms with Gasteiger partial charge >= 0.3 is 6.03 Å². The summed E-state index contributed by atoms with van der Waals surface area (Å²) in [5, 5.41) is 6.89. The number of carbonyl (C=O) groups is 2. The van der Waals surface area contributed by atoms with Crippen LogP contribution in [0.2, 0.25) is 0 Å². The number of aromatic nitrogens is 1. The van der Waals surface area contributed by atoms with Crippen LogP contribution in [-0.2, 0) is 0 Å². The van der Waals surface area contributed by atoms with Crippen LogP contribution in [0, 0.1) is 0 Å². The van der Waals surface area contributed by atoms with Crippen molar-refractivity contribution >= 4 is 28.7 Å². The predicted molar refractivity (Wildman–Crippen MR) is 108 cm³/mol. The topological polar surface area (TPSA) is 77.6 Å². The molecule has 1 aromatic carbocycles. The molecule has 2 aromatic rings. The van der Waals surface area contributed by atoms with Gasteiger partial charge in [0.2, 0.25) is 0 Å². The molecule has 1 unspecified atom stereocenters. The summed E-state index contributed by atoms with van der Waals surface area (Å²) in [5.74, 6) is 0.804. The van der Waals surface area contributed by atoms with E-state index in [2.05, 4.69) is 15.5 Å². The fourth-order valence-corrected chi connectivity index (χ4v) is 4.25. The molecule has 3 fully saturated rings. The maximum atomic E-state index is 12.8. The van der Waals surface area contributed by atoms with Crippen LogP contribution in [0.4, 0.5) is 10.6 Å². The molecule has 1 aliphatic carbocycles. The highest BCUT2D eigenvalue weighted by Gasteiger charge is 2.32. The molecule has 2 N–H and O–H groups in total. The van der Waals surface area contributed by atoms with E-state index < -0.39 is 0 Å². The first kappa shape index (κ1) is 17.3. The highest BCUT2D eigenvalue weighted by Crippen LogP contribution is 2.28. The van der Waals surface area contributed by atoms with Crippen LogP contribution < -0.4 is 15.5 Å². The molecular weight excluding hydrogens is 354 g/mol. The van der Waals surface area contributed by atoms with E-state index in [9.17, 15) is 9.59 Å². The molecule has 1 aromatic heterocycles. The minimum absolute atomic E-state index is 0.0187. The molecule has 1 atom stereocenters. The lowest BCUT2D eigenvalue weighted by atomic mass is 10.0. The van der Waals surface area contributed by atoms with E-state index in [0.717, 1.165) is 68.6 Å². The van der Waals surface area contributed by atoms with Crippen molar-refractivity contribution in [2.45, 2.75) is 37.8 Å². The predicted octanol–water partition coefficient (Wildman–Crippen LogP) is 2.12. The van der Waals surface area contributed by atoms with Crippen molar-refractivity contribution < 1.29 is 9.59 Å². The third-order valence-corrected chi connectivity index (χ3v) is 5.91. The summed E-state index contributed by atoms with van der Waals surface area (Å²) in [6.45, 7) is 3.12. The van der Waals surface area contributed by atoms with E-state index in [1.54, 1.807) is 0 Å². The molecule has 7 heteroatoms. The zero-order valence-electron chi connectivity index (χ0n) is 15.9. The Labute approximate surface area is 164 Å². The number of nitrogens with one attached hydrogen (secondary N) is 2. The standard InChI is InChI=1S/C21H25N5O2/c27-20(23-14-7-8-14)17-12-19(24-18-6-2-1-5-16(17)18)25-10-3-4-15(13-25)26-11-9-22-21(26)28/h1-2,5-6,12,14-15H,3-4,7-11,13H2,(H,22,28)(H,23,27). The SMILES string of the molecule is O=C(NC1CC1)c1cc(N2CCCC(N3CCNC3=O)C2)nc2ccccc12. The number of amides is 3. The second kappa shape index (κ2) is 6.96. The summed E-state index contributed by atoms with van der Waals surface area (Å²) in [6.07, 6.45) is 4.14. The number of nitrogens with zero attached hydrogens (tertiary/aromatic N) is 3. The zero-order chi connectivity index (χ0) is 19.1. The number of pyridine rings is 1. The summed E-state index contributed by atoms with van der Waals surface area (Å²) in [4.78, 5) is 33.9. The largest absolute Gasteiger partial charge is 0.355 e.